The van der Waals surface area contributed by atoms with Crippen LogP contribution in [0.25, 0.3) is 0 Å². The fourth-order valence-corrected chi connectivity index (χ4v) is 2.54. The second-order valence-electron chi connectivity index (χ2n) is 4.76. The zero-order chi connectivity index (χ0) is 13.1. The van der Waals surface area contributed by atoms with E-state index in [0.717, 1.165) is 11.0 Å². The lowest BCUT2D eigenvalue weighted by Crippen LogP contribution is -2.37. The third kappa shape index (κ3) is 2.91. The Labute approximate surface area is 115 Å². The molecule has 0 atom stereocenters. The molecule has 0 bridgehead atoms. The van der Waals surface area contributed by atoms with Gasteiger partial charge in [-0.25, -0.2) is 4.39 Å². The van der Waals surface area contributed by atoms with Crippen LogP contribution in [0.2, 0.25) is 0 Å². The Bertz CT molecular complexity index is 445. The van der Waals surface area contributed by atoms with Crippen molar-refractivity contribution in [2.75, 3.05) is 13.1 Å². The molecule has 0 heterocycles. The standard InChI is InChI=1S/C14H17BrFNO/c1-2-17(9-10-4-3-5-10)14(18)12-8-11(15)6-7-13(12)16/h6-8,10H,2-5,9H2,1H3. The smallest absolute Gasteiger partial charge is 0.256 e. The van der Waals surface area contributed by atoms with Crippen molar-refractivity contribution in [3.05, 3.63) is 34.1 Å². The summed E-state index contributed by atoms with van der Waals surface area (Å²) in [6.07, 6.45) is 3.62. The summed E-state index contributed by atoms with van der Waals surface area (Å²) < 4.78 is 14.4. The first-order valence-electron chi connectivity index (χ1n) is 6.36. The van der Waals surface area contributed by atoms with Gasteiger partial charge in [0.25, 0.3) is 5.91 Å². The van der Waals surface area contributed by atoms with Gasteiger partial charge >= 0.3 is 0 Å². The van der Waals surface area contributed by atoms with Crippen LogP contribution in [0.4, 0.5) is 4.39 Å². The second-order valence-corrected chi connectivity index (χ2v) is 5.68. The lowest BCUT2D eigenvalue weighted by Gasteiger charge is -2.31. The lowest BCUT2D eigenvalue weighted by molar-refractivity contribution is 0.0701. The van der Waals surface area contributed by atoms with Gasteiger partial charge < -0.3 is 4.90 Å². The van der Waals surface area contributed by atoms with Crippen molar-refractivity contribution in [1.82, 2.24) is 4.90 Å². The van der Waals surface area contributed by atoms with Crippen molar-refractivity contribution < 1.29 is 9.18 Å². The average molecular weight is 314 g/mol. The van der Waals surface area contributed by atoms with E-state index in [1.165, 1.54) is 25.3 Å². The Hall–Kier alpha value is -0.900. The molecule has 1 aromatic carbocycles. The number of nitrogens with zero attached hydrogens (tertiary/aromatic N) is 1. The highest BCUT2D eigenvalue weighted by molar-refractivity contribution is 9.10. The number of hydrogen-bond acceptors (Lipinski definition) is 1. The molecule has 2 nitrogen and oxygen atoms in total. The number of carbonyl (C=O) groups excluding carboxylic acids is 1. The van der Waals surface area contributed by atoms with E-state index < -0.39 is 5.82 Å². The molecule has 0 saturated heterocycles. The summed E-state index contributed by atoms with van der Waals surface area (Å²) in [5.74, 6) is -0.0532. The van der Waals surface area contributed by atoms with Crippen LogP contribution < -0.4 is 0 Å². The molecule has 0 N–H and O–H groups in total. The zero-order valence-corrected chi connectivity index (χ0v) is 12.0. The molecule has 1 saturated carbocycles. The van der Waals surface area contributed by atoms with Gasteiger partial charge in [-0.1, -0.05) is 22.4 Å². The summed E-state index contributed by atoms with van der Waals surface area (Å²) in [4.78, 5) is 14.0. The maximum absolute atomic E-state index is 13.7. The predicted octanol–water partition coefficient (Wildman–Crippen LogP) is 3.85. The average Bonchev–Trinajstić information content (AvgIpc) is 2.30. The second kappa shape index (κ2) is 5.83. The van der Waals surface area contributed by atoms with E-state index in [2.05, 4.69) is 15.9 Å². The highest BCUT2D eigenvalue weighted by atomic mass is 79.9. The minimum Gasteiger partial charge on any atom is -0.339 e. The molecule has 0 radical (unpaired) electrons. The van der Waals surface area contributed by atoms with Crippen molar-refractivity contribution in [3.8, 4) is 0 Å². The van der Waals surface area contributed by atoms with Crippen LogP contribution in [0, 0.1) is 11.7 Å². The summed E-state index contributed by atoms with van der Waals surface area (Å²) in [6, 6.07) is 4.49. The minimum atomic E-state index is -0.449. The third-order valence-electron chi connectivity index (χ3n) is 3.53. The van der Waals surface area contributed by atoms with Gasteiger partial charge in [0.15, 0.2) is 0 Å². The first-order chi connectivity index (χ1) is 8.61. The van der Waals surface area contributed by atoms with Crippen LogP contribution in [0.3, 0.4) is 0 Å². The molecule has 1 aliphatic carbocycles. The Morgan fingerprint density at radius 3 is 2.78 bits per heavy atom. The topological polar surface area (TPSA) is 20.3 Å². The molecule has 0 unspecified atom stereocenters. The number of amides is 1. The van der Waals surface area contributed by atoms with Crippen molar-refractivity contribution >= 4 is 21.8 Å². The summed E-state index contributed by atoms with van der Waals surface area (Å²) in [5.41, 5.74) is 0.158. The highest BCUT2D eigenvalue weighted by Crippen LogP contribution is 2.28. The lowest BCUT2D eigenvalue weighted by atomic mass is 9.85. The van der Waals surface area contributed by atoms with Crippen LogP contribution in [0.1, 0.15) is 36.5 Å². The Morgan fingerprint density at radius 2 is 2.22 bits per heavy atom. The number of rotatable bonds is 4. The molecule has 1 aromatic rings. The van der Waals surface area contributed by atoms with Crippen molar-refractivity contribution in [2.24, 2.45) is 5.92 Å². The van der Waals surface area contributed by atoms with E-state index in [-0.39, 0.29) is 11.5 Å². The van der Waals surface area contributed by atoms with Crippen LogP contribution in [-0.2, 0) is 0 Å². The maximum Gasteiger partial charge on any atom is 0.256 e. The molecular weight excluding hydrogens is 297 g/mol. The van der Waals surface area contributed by atoms with E-state index >= 15 is 0 Å². The van der Waals surface area contributed by atoms with Crippen LogP contribution in [0.15, 0.2) is 22.7 Å². The van der Waals surface area contributed by atoms with Gasteiger partial charge in [0.1, 0.15) is 5.82 Å². The molecular formula is C14H17BrFNO. The molecule has 0 aromatic heterocycles. The zero-order valence-electron chi connectivity index (χ0n) is 10.5. The predicted molar refractivity (Wildman–Crippen MR) is 73.0 cm³/mol. The van der Waals surface area contributed by atoms with Gasteiger partial charge in [0.05, 0.1) is 5.56 Å². The monoisotopic (exact) mass is 313 g/mol. The molecule has 4 heteroatoms. The molecule has 1 fully saturated rings. The molecule has 2 rings (SSSR count). The van der Waals surface area contributed by atoms with E-state index in [9.17, 15) is 9.18 Å². The van der Waals surface area contributed by atoms with E-state index in [0.29, 0.717) is 12.5 Å². The fraction of sp³-hybridized carbons (Fsp3) is 0.500. The van der Waals surface area contributed by atoms with E-state index in [4.69, 9.17) is 0 Å². The number of halogens is 2. The normalized spacial score (nSPS) is 15.3. The quantitative estimate of drug-likeness (QED) is 0.826. The molecule has 0 spiro atoms. The van der Waals surface area contributed by atoms with Crippen LogP contribution in [-0.4, -0.2) is 23.9 Å². The van der Waals surface area contributed by atoms with Gasteiger partial charge in [-0.05, 0) is 43.9 Å². The molecule has 1 amide bonds. The first kappa shape index (κ1) is 13.5. The Kier molecular flexibility index (Phi) is 4.38. The highest BCUT2D eigenvalue weighted by Gasteiger charge is 2.24. The van der Waals surface area contributed by atoms with Crippen molar-refractivity contribution in [1.29, 1.82) is 0 Å². The van der Waals surface area contributed by atoms with Gasteiger partial charge in [-0.3, -0.25) is 4.79 Å². The maximum atomic E-state index is 13.7. The number of hydrogen-bond donors (Lipinski definition) is 0. The van der Waals surface area contributed by atoms with Gasteiger partial charge in [-0.2, -0.15) is 0 Å². The molecule has 1 aliphatic rings. The van der Waals surface area contributed by atoms with Crippen molar-refractivity contribution in [3.63, 3.8) is 0 Å². The molecule has 98 valence electrons. The van der Waals surface area contributed by atoms with Gasteiger partial charge in [0, 0.05) is 17.6 Å². The number of benzene rings is 1. The van der Waals surface area contributed by atoms with E-state index in [1.54, 1.807) is 17.0 Å². The van der Waals surface area contributed by atoms with Crippen LogP contribution in [0.5, 0.6) is 0 Å². The Balaban J connectivity index is 2.14. The first-order valence-corrected chi connectivity index (χ1v) is 7.15. The summed E-state index contributed by atoms with van der Waals surface area (Å²) in [7, 11) is 0. The third-order valence-corrected chi connectivity index (χ3v) is 4.02. The fourth-order valence-electron chi connectivity index (χ4n) is 2.17. The summed E-state index contributed by atoms with van der Waals surface area (Å²) in [6.45, 7) is 3.31. The Morgan fingerprint density at radius 1 is 1.50 bits per heavy atom. The SMILES string of the molecule is CCN(CC1CCC1)C(=O)c1cc(Br)ccc1F. The largest absolute Gasteiger partial charge is 0.339 e. The summed E-state index contributed by atoms with van der Waals surface area (Å²) in [5, 5.41) is 0. The minimum absolute atomic E-state index is 0.158. The molecule has 18 heavy (non-hydrogen) atoms. The van der Waals surface area contributed by atoms with Gasteiger partial charge in [-0.15, -0.1) is 0 Å². The van der Waals surface area contributed by atoms with Crippen LogP contribution >= 0.6 is 15.9 Å². The van der Waals surface area contributed by atoms with Gasteiger partial charge in [0.2, 0.25) is 0 Å². The summed E-state index contributed by atoms with van der Waals surface area (Å²) >= 11 is 3.27. The van der Waals surface area contributed by atoms with E-state index in [1.807, 2.05) is 6.92 Å². The van der Waals surface area contributed by atoms with Crippen molar-refractivity contribution in [2.45, 2.75) is 26.2 Å². The molecule has 0 aliphatic heterocycles. The number of carbonyl (C=O) groups is 1.